The number of hydrogen-bond donors (Lipinski definition) is 1. The molecule has 0 unspecified atom stereocenters. The lowest BCUT2D eigenvalue weighted by molar-refractivity contribution is -0.117. The molecule has 1 aliphatic rings. The fourth-order valence-corrected chi connectivity index (χ4v) is 2.75. The second kappa shape index (κ2) is 4.52. The van der Waals surface area contributed by atoms with E-state index in [0.29, 0.717) is 12.1 Å². The summed E-state index contributed by atoms with van der Waals surface area (Å²) in [6.45, 7) is 5.08. The van der Waals surface area contributed by atoms with Crippen molar-refractivity contribution in [2.24, 2.45) is 0 Å². The van der Waals surface area contributed by atoms with Crippen LogP contribution in [0.5, 0.6) is 0 Å². The SMILES string of the molecule is Cc1cc2c(cc1NS(=O)(=O)C(C)C)CC(=O)N2C. The Kier molecular flexibility index (Phi) is 3.30. The summed E-state index contributed by atoms with van der Waals surface area (Å²) in [4.78, 5) is 13.2. The van der Waals surface area contributed by atoms with Gasteiger partial charge in [0.05, 0.1) is 17.4 Å². The summed E-state index contributed by atoms with van der Waals surface area (Å²) in [6, 6.07) is 3.60. The number of likely N-dealkylation sites (N-methyl/N-ethyl adjacent to an activating group) is 1. The number of benzene rings is 1. The van der Waals surface area contributed by atoms with Gasteiger partial charge in [-0.2, -0.15) is 0 Å². The van der Waals surface area contributed by atoms with Crippen LogP contribution >= 0.6 is 0 Å². The monoisotopic (exact) mass is 282 g/mol. The van der Waals surface area contributed by atoms with E-state index in [9.17, 15) is 13.2 Å². The maximum atomic E-state index is 11.9. The minimum atomic E-state index is -3.37. The number of fused-ring (bicyclic) bond motifs is 1. The molecule has 1 heterocycles. The van der Waals surface area contributed by atoms with Crippen LogP contribution in [0.25, 0.3) is 0 Å². The van der Waals surface area contributed by atoms with Crippen molar-refractivity contribution in [3.05, 3.63) is 23.3 Å². The van der Waals surface area contributed by atoms with Gasteiger partial charge in [0.25, 0.3) is 0 Å². The van der Waals surface area contributed by atoms with Crippen LogP contribution in [0, 0.1) is 6.92 Å². The Hall–Kier alpha value is -1.56. The number of sulfonamides is 1. The number of nitrogens with one attached hydrogen (secondary N) is 1. The molecule has 0 saturated carbocycles. The first-order valence-electron chi connectivity index (χ1n) is 6.14. The summed E-state index contributed by atoms with van der Waals surface area (Å²) >= 11 is 0. The first-order chi connectivity index (χ1) is 8.72. The molecule has 0 spiro atoms. The number of anilines is 2. The van der Waals surface area contributed by atoms with E-state index in [-0.39, 0.29) is 5.91 Å². The van der Waals surface area contributed by atoms with Crippen molar-refractivity contribution in [2.45, 2.75) is 32.4 Å². The second-order valence-corrected chi connectivity index (χ2v) is 7.36. The van der Waals surface area contributed by atoms with Crippen molar-refractivity contribution < 1.29 is 13.2 Å². The zero-order chi connectivity index (χ0) is 14.4. The van der Waals surface area contributed by atoms with Crippen molar-refractivity contribution in [3.8, 4) is 0 Å². The first-order valence-corrected chi connectivity index (χ1v) is 7.68. The molecule has 1 aromatic carbocycles. The Labute approximate surface area is 113 Å². The van der Waals surface area contributed by atoms with Gasteiger partial charge in [-0.05, 0) is 44.0 Å². The maximum absolute atomic E-state index is 11.9. The largest absolute Gasteiger partial charge is 0.315 e. The van der Waals surface area contributed by atoms with Gasteiger partial charge < -0.3 is 4.90 Å². The van der Waals surface area contributed by atoms with Crippen molar-refractivity contribution in [3.63, 3.8) is 0 Å². The highest BCUT2D eigenvalue weighted by Crippen LogP contribution is 2.33. The normalized spacial score (nSPS) is 15.0. The predicted molar refractivity (Wildman–Crippen MR) is 76.0 cm³/mol. The van der Waals surface area contributed by atoms with E-state index in [1.807, 2.05) is 13.0 Å². The molecule has 0 fully saturated rings. The summed E-state index contributed by atoms with van der Waals surface area (Å²) in [5.41, 5.74) is 3.08. The van der Waals surface area contributed by atoms with Gasteiger partial charge in [-0.1, -0.05) is 0 Å². The van der Waals surface area contributed by atoms with Crippen LogP contribution in [0.1, 0.15) is 25.0 Å². The highest BCUT2D eigenvalue weighted by atomic mass is 32.2. The van der Waals surface area contributed by atoms with E-state index in [1.165, 1.54) is 0 Å². The van der Waals surface area contributed by atoms with Crippen LogP contribution in [-0.4, -0.2) is 26.6 Å². The van der Waals surface area contributed by atoms with Gasteiger partial charge in [-0.25, -0.2) is 8.42 Å². The molecule has 1 aromatic rings. The van der Waals surface area contributed by atoms with Gasteiger partial charge in [0.1, 0.15) is 0 Å². The van der Waals surface area contributed by atoms with E-state index < -0.39 is 15.3 Å². The summed E-state index contributed by atoms with van der Waals surface area (Å²) in [5, 5.41) is -0.496. The van der Waals surface area contributed by atoms with Gasteiger partial charge in [-0.15, -0.1) is 0 Å². The quantitative estimate of drug-likeness (QED) is 0.917. The van der Waals surface area contributed by atoms with Gasteiger partial charge in [-0.3, -0.25) is 9.52 Å². The first kappa shape index (κ1) is 13.9. The van der Waals surface area contributed by atoms with Crippen LogP contribution in [0.4, 0.5) is 11.4 Å². The lowest BCUT2D eigenvalue weighted by Gasteiger charge is -2.16. The summed E-state index contributed by atoms with van der Waals surface area (Å²) in [6.07, 6.45) is 0.322. The molecule has 2 rings (SSSR count). The number of amides is 1. The smallest absolute Gasteiger partial charge is 0.235 e. The van der Waals surface area contributed by atoms with Crippen LogP contribution in [0.2, 0.25) is 0 Å². The van der Waals surface area contributed by atoms with Crippen LogP contribution in [-0.2, 0) is 21.2 Å². The zero-order valence-corrected chi connectivity index (χ0v) is 12.3. The molecule has 5 nitrogen and oxygen atoms in total. The number of carbonyl (C=O) groups is 1. The molecule has 0 aliphatic carbocycles. The second-order valence-electron chi connectivity index (χ2n) is 5.12. The number of nitrogens with zero attached hydrogens (tertiary/aromatic N) is 1. The van der Waals surface area contributed by atoms with Crippen molar-refractivity contribution >= 4 is 27.3 Å². The third-order valence-electron chi connectivity index (χ3n) is 3.38. The minimum Gasteiger partial charge on any atom is -0.315 e. The standard InChI is InChI=1S/C13H18N2O3S/c1-8(2)19(17,18)14-11-6-10-7-13(16)15(4)12(10)5-9(11)3/h5-6,8,14H,7H2,1-4H3. The van der Waals surface area contributed by atoms with Crippen LogP contribution < -0.4 is 9.62 Å². The Morgan fingerprint density at radius 1 is 1.32 bits per heavy atom. The molecule has 0 aromatic heterocycles. The van der Waals surface area contributed by atoms with Crippen LogP contribution in [0.15, 0.2) is 12.1 Å². The van der Waals surface area contributed by atoms with Crippen LogP contribution in [0.3, 0.4) is 0 Å². The lowest BCUT2D eigenvalue weighted by Crippen LogP contribution is -2.23. The third kappa shape index (κ3) is 2.45. The molecular formula is C13H18N2O3S. The van der Waals surface area contributed by atoms with Crippen molar-refractivity contribution in [2.75, 3.05) is 16.7 Å². The Morgan fingerprint density at radius 2 is 1.95 bits per heavy atom. The molecule has 104 valence electrons. The fraction of sp³-hybridized carbons (Fsp3) is 0.462. The number of rotatable bonds is 3. The highest BCUT2D eigenvalue weighted by Gasteiger charge is 2.26. The molecule has 0 saturated heterocycles. The topological polar surface area (TPSA) is 66.5 Å². The minimum absolute atomic E-state index is 0.0262. The average molecular weight is 282 g/mol. The molecule has 0 atom stereocenters. The molecule has 0 radical (unpaired) electrons. The van der Waals surface area contributed by atoms with E-state index in [1.54, 1.807) is 31.9 Å². The number of hydrogen-bond acceptors (Lipinski definition) is 3. The van der Waals surface area contributed by atoms with Gasteiger partial charge >= 0.3 is 0 Å². The lowest BCUT2D eigenvalue weighted by atomic mass is 10.1. The van der Waals surface area contributed by atoms with E-state index in [4.69, 9.17) is 0 Å². The third-order valence-corrected chi connectivity index (χ3v) is 5.12. The van der Waals surface area contributed by atoms with Gasteiger partial charge in [0, 0.05) is 12.7 Å². The van der Waals surface area contributed by atoms with Crippen molar-refractivity contribution in [1.82, 2.24) is 0 Å². The average Bonchev–Trinajstić information content (AvgIpc) is 2.56. The van der Waals surface area contributed by atoms with Crippen molar-refractivity contribution in [1.29, 1.82) is 0 Å². The number of carbonyl (C=O) groups excluding carboxylic acids is 1. The summed E-state index contributed by atoms with van der Waals surface area (Å²) in [5.74, 6) is 0.0262. The fourth-order valence-electron chi connectivity index (χ4n) is 1.99. The summed E-state index contributed by atoms with van der Waals surface area (Å²) in [7, 11) is -1.64. The zero-order valence-electron chi connectivity index (χ0n) is 11.5. The summed E-state index contributed by atoms with van der Waals surface area (Å²) < 4.78 is 26.4. The molecule has 1 amide bonds. The predicted octanol–water partition coefficient (Wildman–Crippen LogP) is 1.66. The molecule has 6 heteroatoms. The molecule has 1 aliphatic heterocycles. The van der Waals surface area contributed by atoms with E-state index >= 15 is 0 Å². The molecule has 19 heavy (non-hydrogen) atoms. The van der Waals surface area contributed by atoms with Gasteiger partial charge in [0.15, 0.2) is 0 Å². The maximum Gasteiger partial charge on any atom is 0.235 e. The molecule has 0 bridgehead atoms. The Bertz CT molecular complexity index is 636. The highest BCUT2D eigenvalue weighted by molar-refractivity contribution is 7.93. The van der Waals surface area contributed by atoms with E-state index in [0.717, 1.165) is 16.8 Å². The number of aryl methyl sites for hydroxylation is 1. The van der Waals surface area contributed by atoms with Gasteiger partial charge in [0.2, 0.25) is 15.9 Å². The molecular weight excluding hydrogens is 264 g/mol. The van der Waals surface area contributed by atoms with E-state index in [2.05, 4.69) is 4.72 Å². The Morgan fingerprint density at radius 3 is 2.53 bits per heavy atom. The molecule has 1 N–H and O–H groups in total. The Balaban J connectivity index is 2.41.